The van der Waals surface area contributed by atoms with Gasteiger partial charge in [-0.3, -0.25) is 0 Å². The fourth-order valence-electron chi connectivity index (χ4n) is 1.84. The van der Waals surface area contributed by atoms with Gasteiger partial charge in [0.15, 0.2) is 0 Å². The molecule has 0 saturated carbocycles. The van der Waals surface area contributed by atoms with Crippen LogP contribution < -0.4 is 0 Å². The van der Waals surface area contributed by atoms with Crippen LogP contribution in [0.25, 0.3) is 11.0 Å². The van der Waals surface area contributed by atoms with Gasteiger partial charge in [-0.2, -0.15) is 0 Å². The molecular formula is C13H11N3. The Balaban J connectivity index is 2.01. The third kappa shape index (κ3) is 1.56. The van der Waals surface area contributed by atoms with Crippen LogP contribution in [0.15, 0.2) is 55.1 Å². The molecule has 2 aromatic heterocycles. The molecular weight excluding hydrogens is 198 g/mol. The fourth-order valence-corrected chi connectivity index (χ4v) is 1.84. The first kappa shape index (κ1) is 9.09. The van der Waals surface area contributed by atoms with E-state index in [1.54, 1.807) is 6.33 Å². The van der Waals surface area contributed by atoms with Gasteiger partial charge in [0.05, 0.1) is 0 Å². The molecule has 1 aromatic carbocycles. The molecule has 0 saturated heterocycles. The number of nitrogens with zero attached hydrogens (tertiary/aromatic N) is 3. The highest BCUT2D eigenvalue weighted by atomic mass is 15.0. The molecule has 2 heterocycles. The number of aromatic nitrogens is 3. The Morgan fingerprint density at radius 1 is 1.06 bits per heavy atom. The fraction of sp³-hybridized carbons (Fsp3) is 0.0769. The molecule has 78 valence electrons. The smallest absolute Gasteiger partial charge is 0.143 e. The minimum Gasteiger partial charge on any atom is -0.328 e. The Morgan fingerprint density at radius 2 is 1.94 bits per heavy atom. The summed E-state index contributed by atoms with van der Waals surface area (Å²) < 4.78 is 2.13. The van der Waals surface area contributed by atoms with E-state index in [9.17, 15) is 0 Å². The van der Waals surface area contributed by atoms with E-state index >= 15 is 0 Å². The van der Waals surface area contributed by atoms with E-state index in [2.05, 4.69) is 38.8 Å². The van der Waals surface area contributed by atoms with Gasteiger partial charge in [0.2, 0.25) is 0 Å². The van der Waals surface area contributed by atoms with Crippen molar-refractivity contribution in [3.63, 3.8) is 0 Å². The molecule has 0 radical (unpaired) electrons. The lowest BCUT2D eigenvalue weighted by Gasteiger charge is -2.04. The first-order valence-electron chi connectivity index (χ1n) is 5.22. The first-order chi connectivity index (χ1) is 7.93. The van der Waals surface area contributed by atoms with Crippen molar-refractivity contribution in [2.45, 2.75) is 6.54 Å². The highest BCUT2D eigenvalue weighted by molar-refractivity contribution is 5.74. The van der Waals surface area contributed by atoms with Gasteiger partial charge in [-0.25, -0.2) is 9.97 Å². The topological polar surface area (TPSA) is 30.7 Å². The molecule has 0 bridgehead atoms. The van der Waals surface area contributed by atoms with Gasteiger partial charge in [-0.1, -0.05) is 30.3 Å². The Hall–Kier alpha value is -2.16. The van der Waals surface area contributed by atoms with Gasteiger partial charge in [-0.05, 0) is 11.6 Å². The zero-order valence-electron chi connectivity index (χ0n) is 8.74. The van der Waals surface area contributed by atoms with E-state index in [0.29, 0.717) is 0 Å². The van der Waals surface area contributed by atoms with Gasteiger partial charge in [0.1, 0.15) is 12.0 Å². The molecule has 0 fully saturated rings. The van der Waals surface area contributed by atoms with E-state index in [4.69, 9.17) is 0 Å². The SMILES string of the molecule is c1ccc(Cn2ccc3cncnc32)cc1. The summed E-state index contributed by atoms with van der Waals surface area (Å²) in [7, 11) is 0. The number of hydrogen-bond donors (Lipinski definition) is 0. The van der Waals surface area contributed by atoms with Crippen LogP contribution in [-0.4, -0.2) is 14.5 Å². The molecule has 0 N–H and O–H groups in total. The Bertz CT molecular complexity index is 599. The van der Waals surface area contributed by atoms with Crippen LogP contribution in [0, 0.1) is 0 Å². The number of fused-ring (bicyclic) bond motifs is 1. The molecule has 3 nitrogen and oxygen atoms in total. The van der Waals surface area contributed by atoms with E-state index in [1.807, 2.05) is 24.5 Å². The summed E-state index contributed by atoms with van der Waals surface area (Å²) in [5.74, 6) is 0. The average molecular weight is 209 g/mol. The maximum Gasteiger partial charge on any atom is 0.143 e. The minimum atomic E-state index is 0.849. The maximum atomic E-state index is 4.29. The molecule has 16 heavy (non-hydrogen) atoms. The molecule has 0 atom stereocenters. The van der Waals surface area contributed by atoms with Crippen molar-refractivity contribution < 1.29 is 0 Å². The lowest BCUT2D eigenvalue weighted by molar-refractivity contribution is 0.823. The summed E-state index contributed by atoms with van der Waals surface area (Å²) in [5.41, 5.74) is 2.26. The third-order valence-corrected chi connectivity index (χ3v) is 2.62. The van der Waals surface area contributed by atoms with Crippen molar-refractivity contribution in [3.8, 4) is 0 Å². The summed E-state index contributed by atoms with van der Waals surface area (Å²) in [6.07, 6.45) is 5.47. The van der Waals surface area contributed by atoms with Crippen LogP contribution in [0.1, 0.15) is 5.56 Å². The Labute approximate surface area is 93.4 Å². The van der Waals surface area contributed by atoms with E-state index in [1.165, 1.54) is 5.56 Å². The standard InChI is InChI=1S/C13H11N3/c1-2-4-11(5-3-1)9-16-7-6-12-8-14-10-15-13(12)16/h1-8,10H,9H2. The maximum absolute atomic E-state index is 4.29. The number of rotatable bonds is 2. The van der Waals surface area contributed by atoms with Crippen molar-refractivity contribution >= 4 is 11.0 Å². The molecule has 0 unspecified atom stereocenters. The zero-order chi connectivity index (χ0) is 10.8. The molecule has 0 amide bonds. The zero-order valence-corrected chi connectivity index (χ0v) is 8.74. The van der Waals surface area contributed by atoms with Crippen LogP contribution in [0.3, 0.4) is 0 Å². The van der Waals surface area contributed by atoms with Crippen LogP contribution in [0.5, 0.6) is 0 Å². The van der Waals surface area contributed by atoms with Crippen LogP contribution in [-0.2, 0) is 6.54 Å². The second-order valence-corrected chi connectivity index (χ2v) is 3.73. The molecule has 0 spiro atoms. The third-order valence-electron chi connectivity index (χ3n) is 2.62. The summed E-state index contributed by atoms with van der Waals surface area (Å²) in [4.78, 5) is 8.30. The first-order valence-corrected chi connectivity index (χ1v) is 5.22. The van der Waals surface area contributed by atoms with E-state index in [-0.39, 0.29) is 0 Å². The highest BCUT2D eigenvalue weighted by Gasteiger charge is 2.01. The largest absolute Gasteiger partial charge is 0.328 e. The summed E-state index contributed by atoms with van der Waals surface area (Å²) in [5, 5.41) is 1.08. The molecule has 3 aromatic rings. The van der Waals surface area contributed by atoms with Crippen molar-refractivity contribution in [2.75, 3.05) is 0 Å². The minimum absolute atomic E-state index is 0.849. The molecule has 0 aliphatic rings. The lowest BCUT2D eigenvalue weighted by atomic mass is 10.2. The molecule has 0 aliphatic heterocycles. The van der Waals surface area contributed by atoms with Crippen LogP contribution in [0.2, 0.25) is 0 Å². The second kappa shape index (κ2) is 3.77. The van der Waals surface area contributed by atoms with Crippen molar-refractivity contribution in [1.29, 1.82) is 0 Å². The van der Waals surface area contributed by atoms with Crippen LogP contribution >= 0.6 is 0 Å². The van der Waals surface area contributed by atoms with E-state index < -0.39 is 0 Å². The molecule has 0 aliphatic carbocycles. The predicted octanol–water partition coefficient (Wildman–Crippen LogP) is 2.48. The summed E-state index contributed by atoms with van der Waals surface area (Å²) in [6.45, 7) is 0.849. The normalized spacial score (nSPS) is 10.8. The highest BCUT2D eigenvalue weighted by Crippen LogP contribution is 2.13. The monoisotopic (exact) mass is 209 g/mol. The van der Waals surface area contributed by atoms with Gasteiger partial charge >= 0.3 is 0 Å². The molecule has 3 heteroatoms. The van der Waals surface area contributed by atoms with Crippen molar-refractivity contribution in [2.24, 2.45) is 0 Å². The number of hydrogen-bond acceptors (Lipinski definition) is 2. The predicted molar refractivity (Wildman–Crippen MR) is 63.1 cm³/mol. The number of benzene rings is 1. The van der Waals surface area contributed by atoms with Gasteiger partial charge in [0.25, 0.3) is 0 Å². The molecule has 3 rings (SSSR count). The lowest BCUT2D eigenvalue weighted by Crippen LogP contribution is -1.98. The Morgan fingerprint density at radius 3 is 2.81 bits per heavy atom. The Kier molecular flexibility index (Phi) is 2.14. The summed E-state index contributed by atoms with van der Waals surface area (Å²) in [6, 6.07) is 12.4. The van der Waals surface area contributed by atoms with Gasteiger partial charge in [-0.15, -0.1) is 0 Å². The average Bonchev–Trinajstić information content (AvgIpc) is 2.74. The van der Waals surface area contributed by atoms with E-state index in [0.717, 1.165) is 17.6 Å². The van der Waals surface area contributed by atoms with Gasteiger partial charge < -0.3 is 4.57 Å². The van der Waals surface area contributed by atoms with Gasteiger partial charge in [0, 0.05) is 24.3 Å². The quantitative estimate of drug-likeness (QED) is 0.649. The van der Waals surface area contributed by atoms with Crippen molar-refractivity contribution in [1.82, 2.24) is 14.5 Å². The second-order valence-electron chi connectivity index (χ2n) is 3.73. The van der Waals surface area contributed by atoms with Crippen molar-refractivity contribution in [3.05, 3.63) is 60.7 Å². The van der Waals surface area contributed by atoms with Crippen LogP contribution in [0.4, 0.5) is 0 Å². The summed E-state index contributed by atoms with van der Waals surface area (Å²) >= 11 is 0.